The van der Waals surface area contributed by atoms with Crippen molar-refractivity contribution in [3.63, 3.8) is 0 Å². The topological polar surface area (TPSA) is 70.7 Å². The number of amides is 2. The zero-order valence-electron chi connectivity index (χ0n) is 13.6. The summed E-state index contributed by atoms with van der Waals surface area (Å²) < 4.78 is 5.44. The van der Waals surface area contributed by atoms with Crippen molar-refractivity contribution < 1.29 is 14.3 Å². The van der Waals surface area contributed by atoms with E-state index in [9.17, 15) is 9.59 Å². The van der Waals surface area contributed by atoms with Gasteiger partial charge >= 0.3 is 0 Å². The van der Waals surface area contributed by atoms with E-state index in [0.29, 0.717) is 19.8 Å². The Kier molecular flexibility index (Phi) is 7.67. The van der Waals surface area contributed by atoms with E-state index in [0.717, 1.165) is 13.0 Å². The molecule has 1 rings (SSSR count). The molecular weight excluding hydrogens is 270 g/mol. The summed E-state index contributed by atoms with van der Waals surface area (Å²) in [7, 11) is 0. The van der Waals surface area contributed by atoms with Gasteiger partial charge in [-0.1, -0.05) is 6.92 Å². The van der Waals surface area contributed by atoms with Crippen molar-refractivity contribution in [2.75, 3.05) is 32.8 Å². The van der Waals surface area contributed by atoms with Crippen LogP contribution in [-0.2, 0) is 14.3 Å². The van der Waals surface area contributed by atoms with Crippen molar-refractivity contribution in [1.82, 2.24) is 15.5 Å². The Morgan fingerprint density at radius 2 is 2.00 bits per heavy atom. The van der Waals surface area contributed by atoms with Gasteiger partial charge in [0, 0.05) is 18.6 Å². The molecule has 0 spiro atoms. The van der Waals surface area contributed by atoms with Crippen LogP contribution < -0.4 is 10.6 Å². The molecule has 6 nitrogen and oxygen atoms in total. The molecule has 122 valence electrons. The first-order chi connectivity index (χ1) is 9.99. The molecule has 1 heterocycles. The minimum Gasteiger partial charge on any atom is -0.379 e. The predicted molar refractivity (Wildman–Crippen MR) is 81.9 cm³/mol. The van der Waals surface area contributed by atoms with Gasteiger partial charge in [-0.25, -0.2) is 0 Å². The number of likely N-dealkylation sites (N-methyl/N-ethyl adjacent to an activating group) is 1. The minimum absolute atomic E-state index is 0.00232. The van der Waals surface area contributed by atoms with E-state index < -0.39 is 0 Å². The lowest BCUT2D eigenvalue weighted by Crippen LogP contribution is -2.49. The van der Waals surface area contributed by atoms with Crippen molar-refractivity contribution >= 4 is 11.8 Å². The average molecular weight is 299 g/mol. The maximum absolute atomic E-state index is 12.6. The molecule has 1 saturated heterocycles. The average Bonchev–Trinajstić information content (AvgIpc) is 2.89. The highest BCUT2D eigenvalue weighted by Gasteiger charge is 2.36. The SMILES string of the molecule is CCCNC1COCC1C(=O)N(CC)CC(=O)NC(C)C. The summed E-state index contributed by atoms with van der Waals surface area (Å²) in [5.41, 5.74) is 0. The van der Waals surface area contributed by atoms with Crippen LogP contribution in [0.25, 0.3) is 0 Å². The van der Waals surface area contributed by atoms with Gasteiger partial charge < -0.3 is 20.3 Å². The molecule has 0 saturated carbocycles. The molecule has 2 atom stereocenters. The largest absolute Gasteiger partial charge is 0.379 e. The summed E-state index contributed by atoms with van der Waals surface area (Å²) in [5.74, 6) is -0.303. The van der Waals surface area contributed by atoms with Crippen LogP contribution in [0.5, 0.6) is 0 Å². The molecule has 2 N–H and O–H groups in total. The Balaban J connectivity index is 2.58. The molecule has 0 aliphatic carbocycles. The van der Waals surface area contributed by atoms with Crippen LogP contribution in [0, 0.1) is 5.92 Å². The summed E-state index contributed by atoms with van der Waals surface area (Å²) in [6, 6.07) is 0.139. The Hall–Kier alpha value is -1.14. The monoisotopic (exact) mass is 299 g/mol. The Bertz CT molecular complexity index is 347. The second-order valence-electron chi connectivity index (χ2n) is 5.78. The third-order valence-corrected chi connectivity index (χ3v) is 3.53. The highest BCUT2D eigenvalue weighted by atomic mass is 16.5. The molecule has 0 bridgehead atoms. The van der Waals surface area contributed by atoms with Gasteiger partial charge in [-0.15, -0.1) is 0 Å². The number of carbonyl (C=O) groups excluding carboxylic acids is 2. The number of rotatable bonds is 8. The fraction of sp³-hybridized carbons (Fsp3) is 0.867. The fourth-order valence-electron chi connectivity index (χ4n) is 2.45. The first-order valence-corrected chi connectivity index (χ1v) is 7.88. The van der Waals surface area contributed by atoms with E-state index in [1.807, 2.05) is 20.8 Å². The number of nitrogens with one attached hydrogen (secondary N) is 2. The maximum atomic E-state index is 12.6. The maximum Gasteiger partial charge on any atom is 0.239 e. The van der Waals surface area contributed by atoms with Crippen molar-refractivity contribution in [3.8, 4) is 0 Å². The number of carbonyl (C=O) groups is 2. The molecular formula is C15H29N3O3. The molecule has 2 amide bonds. The van der Waals surface area contributed by atoms with Gasteiger partial charge in [0.05, 0.1) is 25.7 Å². The van der Waals surface area contributed by atoms with E-state index in [2.05, 4.69) is 17.6 Å². The number of hydrogen-bond donors (Lipinski definition) is 2. The summed E-state index contributed by atoms with van der Waals surface area (Å²) in [4.78, 5) is 26.0. The normalized spacial score (nSPS) is 21.6. The fourth-order valence-corrected chi connectivity index (χ4v) is 2.45. The molecule has 2 unspecified atom stereocenters. The molecule has 0 aromatic rings. The first kappa shape index (κ1) is 17.9. The Morgan fingerprint density at radius 1 is 1.29 bits per heavy atom. The summed E-state index contributed by atoms with van der Waals surface area (Å²) >= 11 is 0. The molecule has 0 aromatic heterocycles. The van der Waals surface area contributed by atoms with Gasteiger partial charge in [0.25, 0.3) is 0 Å². The van der Waals surface area contributed by atoms with E-state index in [-0.39, 0.29) is 36.4 Å². The third kappa shape index (κ3) is 5.63. The second-order valence-corrected chi connectivity index (χ2v) is 5.78. The van der Waals surface area contributed by atoms with E-state index in [1.165, 1.54) is 0 Å². The van der Waals surface area contributed by atoms with Crippen LogP contribution in [0.15, 0.2) is 0 Å². The molecule has 0 aromatic carbocycles. The van der Waals surface area contributed by atoms with Crippen LogP contribution in [0.4, 0.5) is 0 Å². The molecule has 0 radical (unpaired) electrons. The lowest BCUT2D eigenvalue weighted by atomic mass is 10.0. The van der Waals surface area contributed by atoms with Gasteiger partial charge in [0.15, 0.2) is 0 Å². The Labute approximate surface area is 127 Å². The highest BCUT2D eigenvalue weighted by Crippen LogP contribution is 2.17. The number of nitrogens with zero attached hydrogens (tertiary/aromatic N) is 1. The van der Waals surface area contributed by atoms with Crippen LogP contribution >= 0.6 is 0 Å². The van der Waals surface area contributed by atoms with E-state index >= 15 is 0 Å². The Morgan fingerprint density at radius 3 is 2.57 bits per heavy atom. The quantitative estimate of drug-likeness (QED) is 0.679. The van der Waals surface area contributed by atoms with Gasteiger partial charge in [-0.3, -0.25) is 9.59 Å². The van der Waals surface area contributed by atoms with Gasteiger partial charge in [0.2, 0.25) is 11.8 Å². The van der Waals surface area contributed by atoms with E-state index in [1.54, 1.807) is 4.90 Å². The van der Waals surface area contributed by atoms with Crippen LogP contribution in [0.1, 0.15) is 34.1 Å². The minimum atomic E-state index is -0.191. The zero-order chi connectivity index (χ0) is 15.8. The summed E-state index contributed by atoms with van der Waals surface area (Å²) in [6.45, 7) is 10.3. The predicted octanol–water partition coefficient (Wildman–Crippen LogP) is 0.374. The molecule has 1 aliphatic heterocycles. The van der Waals surface area contributed by atoms with Gasteiger partial charge in [-0.05, 0) is 33.7 Å². The van der Waals surface area contributed by atoms with Crippen LogP contribution in [0.3, 0.4) is 0 Å². The van der Waals surface area contributed by atoms with Gasteiger partial charge in [-0.2, -0.15) is 0 Å². The molecule has 6 heteroatoms. The van der Waals surface area contributed by atoms with Gasteiger partial charge in [0.1, 0.15) is 0 Å². The van der Waals surface area contributed by atoms with Crippen molar-refractivity contribution in [3.05, 3.63) is 0 Å². The lowest BCUT2D eigenvalue weighted by molar-refractivity contribution is -0.139. The smallest absolute Gasteiger partial charge is 0.239 e. The lowest BCUT2D eigenvalue weighted by Gasteiger charge is -2.26. The number of hydrogen-bond acceptors (Lipinski definition) is 4. The molecule has 21 heavy (non-hydrogen) atoms. The van der Waals surface area contributed by atoms with E-state index in [4.69, 9.17) is 4.74 Å². The first-order valence-electron chi connectivity index (χ1n) is 7.88. The van der Waals surface area contributed by atoms with Crippen LogP contribution in [-0.4, -0.2) is 61.6 Å². The third-order valence-electron chi connectivity index (χ3n) is 3.53. The van der Waals surface area contributed by atoms with Crippen molar-refractivity contribution in [2.45, 2.75) is 46.2 Å². The highest BCUT2D eigenvalue weighted by molar-refractivity contribution is 5.86. The summed E-state index contributed by atoms with van der Waals surface area (Å²) in [5, 5.41) is 6.17. The molecule has 1 fully saturated rings. The standard InChI is InChI=1S/C15H29N3O3/c1-5-7-16-13-10-21-9-12(13)15(20)18(6-2)8-14(19)17-11(3)4/h11-13,16H,5-10H2,1-4H3,(H,17,19). The zero-order valence-corrected chi connectivity index (χ0v) is 13.6. The summed E-state index contributed by atoms with van der Waals surface area (Å²) in [6.07, 6.45) is 1.02. The molecule has 1 aliphatic rings. The number of ether oxygens (including phenoxy) is 1. The van der Waals surface area contributed by atoms with Crippen molar-refractivity contribution in [2.24, 2.45) is 5.92 Å². The van der Waals surface area contributed by atoms with Crippen molar-refractivity contribution in [1.29, 1.82) is 0 Å². The second kappa shape index (κ2) is 9.00. The van der Waals surface area contributed by atoms with Crippen LogP contribution in [0.2, 0.25) is 0 Å².